The molecule has 4 rings (SSSR count). The first kappa shape index (κ1) is 18.4. The minimum Gasteiger partial charge on any atom is -0.455 e. The molecule has 9 heteroatoms. The second kappa shape index (κ2) is 7.21. The number of hydrogen-bond acceptors (Lipinski definition) is 7. The Balaban J connectivity index is 1.57. The van der Waals surface area contributed by atoms with Crippen LogP contribution in [0, 0.1) is 6.92 Å². The summed E-state index contributed by atoms with van der Waals surface area (Å²) in [6.07, 6.45) is 1.34. The number of carbonyl (C=O) groups is 1. The minimum atomic E-state index is -0.659. The van der Waals surface area contributed by atoms with Crippen LogP contribution in [-0.2, 0) is 18.4 Å². The van der Waals surface area contributed by atoms with Crippen LogP contribution in [0.25, 0.3) is 21.7 Å². The second-order valence-corrected chi connectivity index (χ2v) is 7.34. The van der Waals surface area contributed by atoms with Crippen LogP contribution in [0.2, 0.25) is 5.02 Å². The molecule has 0 saturated carbocycles. The third kappa shape index (κ3) is 3.21. The number of aryl methyl sites for hydroxylation is 2. The molecule has 4 aromatic rings. The van der Waals surface area contributed by atoms with E-state index in [-0.39, 0.29) is 34.6 Å². The zero-order valence-corrected chi connectivity index (χ0v) is 16.5. The highest BCUT2D eigenvalue weighted by atomic mass is 35.5. The summed E-state index contributed by atoms with van der Waals surface area (Å²) in [6, 6.07) is 7.39. The van der Waals surface area contributed by atoms with E-state index in [2.05, 4.69) is 9.97 Å². The third-order valence-electron chi connectivity index (χ3n) is 4.16. The molecule has 3 aromatic heterocycles. The van der Waals surface area contributed by atoms with Crippen molar-refractivity contribution in [3.8, 4) is 10.6 Å². The quantitative estimate of drug-likeness (QED) is 0.469. The number of benzene rings is 1. The fourth-order valence-electron chi connectivity index (χ4n) is 2.78. The third-order valence-corrected chi connectivity index (χ3v) is 5.41. The molecule has 0 aliphatic carbocycles. The maximum absolute atomic E-state index is 12.6. The molecular formula is C19H14ClN3O4S. The average Bonchev–Trinajstić information content (AvgIpc) is 3.27. The molecule has 3 heterocycles. The molecule has 0 radical (unpaired) electrons. The van der Waals surface area contributed by atoms with Crippen molar-refractivity contribution < 1.29 is 13.9 Å². The predicted molar refractivity (Wildman–Crippen MR) is 106 cm³/mol. The van der Waals surface area contributed by atoms with Crippen molar-refractivity contribution in [2.24, 2.45) is 7.05 Å². The highest BCUT2D eigenvalue weighted by Gasteiger charge is 2.24. The lowest BCUT2D eigenvalue weighted by Crippen LogP contribution is -2.19. The summed E-state index contributed by atoms with van der Waals surface area (Å²) in [4.78, 5) is 33.5. The van der Waals surface area contributed by atoms with Gasteiger partial charge in [-0.15, -0.1) is 11.3 Å². The van der Waals surface area contributed by atoms with Gasteiger partial charge in [0, 0.05) is 18.0 Å². The second-order valence-electron chi connectivity index (χ2n) is 6.07. The van der Waals surface area contributed by atoms with Gasteiger partial charge in [0.05, 0.1) is 10.7 Å². The van der Waals surface area contributed by atoms with E-state index in [1.165, 1.54) is 22.2 Å². The molecule has 0 aliphatic heterocycles. The molecule has 0 N–H and O–H groups in total. The van der Waals surface area contributed by atoms with Gasteiger partial charge in [0.15, 0.2) is 0 Å². The fourth-order valence-corrected chi connectivity index (χ4v) is 3.90. The number of hydrogen-bond donors (Lipinski definition) is 0. The average molecular weight is 416 g/mol. The van der Waals surface area contributed by atoms with Crippen molar-refractivity contribution in [3.63, 3.8) is 0 Å². The molecule has 7 nitrogen and oxygen atoms in total. The van der Waals surface area contributed by atoms with Gasteiger partial charge in [-0.25, -0.2) is 14.8 Å². The summed E-state index contributed by atoms with van der Waals surface area (Å²) in [5.41, 5.74) is 1.23. The molecule has 0 fully saturated rings. The Kier molecular flexibility index (Phi) is 4.74. The number of carbonyl (C=O) groups excluding carboxylic acids is 1. The van der Waals surface area contributed by atoms with Crippen molar-refractivity contribution >= 4 is 40.0 Å². The molecule has 0 spiro atoms. The molecule has 1 aromatic carbocycles. The number of esters is 1. The highest BCUT2D eigenvalue weighted by Crippen LogP contribution is 2.30. The molecule has 0 unspecified atom stereocenters. The van der Waals surface area contributed by atoms with Crippen molar-refractivity contribution in [3.05, 3.63) is 68.4 Å². The highest BCUT2D eigenvalue weighted by molar-refractivity contribution is 7.13. The van der Waals surface area contributed by atoms with Gasteiger partial charge < -0.3 is 13.7 Å². The van der Waals surface area contributed by atoms with Crippen molar-refractivity contribution in [2.45, 2.75) is 13.5 Å². The van der Waals surface area contributed by atoms with Gasteiger partial charge in [0.1, 0.15) is 34.7 Å². The monoisotopic (exact) mass is 415 g/mol. The van der Waals surface area contributed by atoms with Gasteiger partial charge >= 0.3 is 5.97 Å². The SMILES string of the molecule is Cc1oc2ncn(C)c(=O)c2c1C(=O)OCc1csc(-c2ccccc2Cl)n1. The number of rotatable bonds is 4. The van der Waals surface area contributed by atoms with E-state index in [0.29, 0.717) is 10.7 Å². The van der Waals surface area contributed by atoms with Crippen LogP contribution < -0.4 is 5.56 Å². The van der Waals surface area contributed by atoms with Gasteiger partial charge in [-0.2, -0.15) is 0 Å². The van der Waals surface area contributed by atoms with E-state index >= 15 is 0 Å². The van der Waals surface area contributed by atoms with Gasteiger partial charge in [-0.1, -0.05) is 29.8 Å². The van der Waals surface area contributed by atoms with E-state index in [1.807, 2.05) is 18.2 Å². The molecule has 142 valence electrons. The zero-order valence-electron chi connectivity index (χ0n) is 14.9. The fraction of sp³-hybridized carbons (Fsp3) is 0.158. The van der Waals surface area contributed by atoms with Crippen molar-refractivity contribution in [1.82, 2.24) is 14.5 Å². The molecule has 0 saturated heterocycles. The lowest BCUT2D eigenvalue weighted by Gasteiger charge is -2.03. The smallest absolute Gasteiger partial charge is 0.343 e. The van der Waals surface area contributed by atoms with Crippen LogP contribution in [0.1, 0.15) is 21.8 Å². The summed E-state index contributed by atoms with van der Waals surface area (Å²) in [5.74, 6) is -0.375. The Morgan fingerprint density at radius 1 is 1.36 bits per heavy atom. The maximum atomic E-state index is 12.6. The van der Waals surface area contributed by atoms with Gasteiger partial charge in [0.2, 0.25) is 5.71 Å². The summed E-state index contributed by atoms with van der Waals surface area (Å²) in [5, 5.41) is 3.25. The van der Waals surface area contributed by atoms with Crippen LogP contribution in [0.4, 0.5) is 0 Å². The molecule has 28 heavy (non-hydrogen) atoms. The first-order chi connectivity index (χ1) is 13.5. The Bertz CT molecular complexity index is 1260. The Morgan fingerprint density at radius 2 is 2.14 bits per heavy atom. The summed E-state index contributed by atoms with van der Waals surface area (Å²) in [6.45, 7) is 1.56. The van der Waals surface area contributed by atoms with Crippen LogP contribution >= 0.6 is 22.9 Å². The van der Waals surface area contributed by atoms with E-state index in [1.54, 1.807) is 25.4 Å². The molecule has 0 aliphatic rings. The number of ether oxygens (including phenoxy) is 1. The largest absolute Gasteiger partial charge is 0.455 e. The number of aromatic nitrogens is 3. The normalized spacial score (nSPS) is 11.1. The number of halogens is 1. The van der Waals surface area contributed by atoms with Crippen LogP contribution in [-0.4, -0.2) is 20.5 Å². The molecule has 0 bridgehead atoms. The Morgan fingerprint density at radius 3 is 2.93 bits per heavy atom. The Labute approximate surface area is 168 Å². The lowest BCUT2D eigenvalue weighted by atomic mass is 10.2. The van der Waals surface area contributed by atoms with Gasteiger partial charge in [-0.3, -0.25) is 4.79 Å². The van der Waals surface area contributed by atoms with Crippen molar-refractivity contribution in [2.75, 3.05) is 0 Å². The minimum absolute atomic E-state index is 0.0352. The van der Waals surface area contributed by atoms with Gasteiger partial charge in [0.25, 0.3) is 5.56 Å². The summed E-state index contributed by atoms with van der Waals surface area (Å²) in [7, 11) is 1.55. The van der Waals surface area contributed by atoms with Crippen LogP contribution in [0.3, 0.4) is 0 Å². The zero-order chi connectivity index (χ0) is 19.8. The maximum Gasteiger partial charge on any atom is 0.343 e. The van der Waals surface area contributed by atoms with Gasteiger partial charge in [-0.05, 0) is 13.0 Å². The summed E-state index contributed by atoms with van der Waals surface area (Å²) < 4.78 is 12.1. The van der Waals surface area contributed by atoms with E-state index in [4.69, 9.17) is 20.8 Å². The standard InChI is InChI=1S/C19H14ClN3O4S/c1-10-14(15-16(27-10)21-9-23(2)18(15)24)19(25)26-7-11-8-28-17(22-11)12-5-3-4-6-13(12)20/h3-6,8-9H,7H2,1-2H3. The Hall–Kier alpha value is -2.97. The molecule has 0 atom stereocenters. The number of thiazole rings is 1. The van der Waals surface area contributed by atoms with Crippen LogP contribution in [0.15, 0.2) is 45.2 Å². The predicted octanol–water partition coefficient (Wildman–Crippen LogP) is 3.97. The van der Waals surface area contributed by atoms with E-state index in [0.717, 1.165) is 10.6 Å². The summed E-state index contributed by atoms with van der Waals surface area (Å²) >= 11 is 7.60. The van der Waals surface area contributed by atoms with E-state index in [9.17, 15) is 9.59 Å². The molecule has 0 amide bonds. The first-order valence-electron chi connectivity index (χ1n) is 8.27. The van der Waals surface area contributed by atoms with E-state index < -0.39 is 5.97 Å². The number of fused-ring (bicyclic) bond motifs is 1. The van der Waals surface area contributed by atoms with Crippen LogP contribution in [0.5, 0.6) is 0 Å². The topological polar surface area (TPSA) is 87.2 Å². The lowest BCUT2D eigenvalue weighted by molar-refractivity contribution is 0.0468. The molecular weight excluding hydrogens is 402 g/mol. The number of nitrogens with zero attached hydrogens (tertiary/aromatic N) is 3. The first-order valence-corrected chi connectivity index (χ1v) is 9.52. The number of furan rings is 1. The van der Waals surface area contributed by atoms with Crippen molar-refractivity contribution in [1.29, 1.82) is 0 Å².